The molecule has 6 rings (SSSR count). The molecule has 3 aromatic carbocycles. The van der Waals surface area contributed by atoms with E-state index in [1.807, 2.05) is 12.1 Å². The van der Waals surface area contributed by atoms with Gasteiger partial charge in [0.2, 0.25) is 11.5 Å². The molecule has 5 heteroatoms. The number of hydrogen-bond acceptors (Lipinski definition) is 4. The van der Waals surface area contributed by atoms with Crippen LogP contribution in [-0.4, -0.2) is 22.5 Å². The Morgan fingerprint density at radius 2 is 1.58 bits per heavy atom. The summed E-state index contributed by atoms with van der Waals surface area (Å²) in [6.45, 7) is 4.15. The zero-order chi connectivity index (χ0) is 22.7. The number of ketones is 2. The van der Waals surface area contributed by atoms with E-state index < -0.39 is 0 Å². The van der Waals surface area contributed by atoms with E-state index in [2.05, 4.69) is 67.4 Å². The number of nitrogens with one attached hydrogen (secondary N) is 1. The monoisotopic (exact) mass is 466 g/mol. The van der Waals surface area contributed by atoms with Gasteiger partial charge in [-0.1, -0.05) is 71.4 Å². The van der Waals surface area contributed by atoms with Crippen LogP contribution in [0.25, 0.3) is 0 Å². The molecule has 0 saturated carbocycles. The molecule has 0 spiro atoms. The summed E-state index contributed by atoms with van der Waals surface area (Å²) >= 11 is 3.27. The van der Waals surface area contributed by atoms with Crippen molar-refractivity contribution in [3.05, 3.63) is 106 Å². The lowest BCUT2D eigenvalue weighted by atomic mass is 9.83. The summed E-state index contributed by atoms with van der Waals surface area (Å²) in [7, 11) is 0. The molecule has 0 radical (unpaired) electrons. The summed E-state index contributed by atoms with van der Waals surface area (Å²) < 4.78 is 0. The van der Waals surface area contributed by atoms with E-state index in [-0.39, 0.29) is 16.8 Å². The number of thioether (sulfide) groups is 1. The summed E-state index contributed by atoms with van der Waals surface area (Å²) in [4.78, 5) is 33.8. The highest BCUT2D eigenvalue weighted by molar-refractivity contribution is 8.01. The third-order valence-corrected chi connectivity index (χ3v) is 8.41. The highest BCUT2D eigenvalue weighted by atomic mass is 32.2. The summed E-state index contributed by atoms with van der Waals surface area (Å²) in [5.74, 6) is -0.187. The number of aryl methyl sites for hydroxylation is 1. The fraction of sp³-hybridized carbons (Fsp3) is 0.107. The Hall–Kier alpha value is -3.15. The molecule has 1 unspecified atom stereocenters. The molecule has 3 nitrogen and oxygen atoms in total. The Balaban J connectivity index is 1.59. The van der Waals surface area contributed by atoms with Crippen molar-refractivity contribution in [3.8, 4) is 0 Å². The van der Waals surface area contributed by atoms with Crippen molar-refractivity contribution in [1.82, 2.24) is 0 Å². The number of fused-ring (bicyclic) bond motifs is 5. The first-order valence-electron chi connectivity index (χ1n) is 10.8. The van der Waals surface area contributed by atoms with Crippen LogP contribution in [0.4, 0.5) is 5.69 Å². The second kappa shape index (κ2) is 7.72. The number of hydrogen-bond donors (Lipinski definition) is 1. The topological polar surface area (TPSA) is 48.1 Å². The van der Waals surface area contributed by atoms with E-state index in [0.717, 1.165) is 26.1 Å². The zero-order valence-corrected chi connectivity index (χ0v) is 19.8. The van der Waals surface area contributed by atoms with Crippen molar-refractivity contribution in [1.29, 1.82) is 0 Å². The van der Waals surface area contributed by atoms with Crippen molar-refractivity contribution in [2.24, 2.45) is 0 Å². The maximum atomic E-state index is 13.7. The highest BCUT2D eigenvalue weighted by Crippen LogP contribution is 2.45. The molecular formula is C28H20NO2S2+. The molecule has 0 amide bonds. The van der Waals surface area contributed by atoms with Gasteiger partial charge in [-0.15, -0.1) is 11.8 Å². The lowest BCUT2D eigenvalue weighted by Gasteiger charge is -2.25. The molecule has 1 aliphatic heterocycles. The lowest BCUT2D eigenvalue weighted by Crippen LogP contribution is -2.71. The van der Waals surface area contributed by atoms with Crippen LogP contribution in [0.15, 0.2) is 93.1 Å². The molecule has 3 aromatic rings. The standard InChI is InChI=1S/C28H19NO2S2/c1-15-7-10-17(11-8-15)32-22-14-23-26(29-20-12-9-16(2)13-21(20)33-23)25-24(22)27(30)18-5-3-4-6-19(18)28(25)31/h3-14,21H,1-2H3/p+1. The number of carbonyl (C=O) groups excluding carboxylic acids is 2. The molecule has 0 saturated heterocycles. The molecule has 2 aliphatic carbocycles. The van der Waals surface area contributed by atoms with Crippen LogP contribution >= 0.6 is 23.5 Å². The van der Waals surface area contributed by atoms with Crippen LogP contribution in [0, 0.1) is 6.92 Å². The Morgan fingerprint density at radius 1 is 0.879 bits per heavy atom. The van der Waals surface area contributed by atoms with Crippen LogP contribution in [0.3, 0.4) is 0 Å². The molecule has 0 aromatic heterocycles. The van der Waals surface area contributed by atoms with Crippen molar-refractivity contribution in [2.75, 3.05) is 0 Å². The van der Waals surface area contributed by atoms with Crippen LogP contribution in [0.5, 0.6) is 0 Å². The first-order valence-corrected chi connectivity index (χ1v) is 12.5. The van der Waals surface area contributed by atoms with Gasteiger partial charge in [-0.05, 0) is 32.0 Å². The van der Waals surface area contributed by atoms with Gasteiger partial charge in [0.25, 0.3) is 0 Å². The van der Waals surface area contributed by atoms with Gasteiger partial charge in [0.05, 0.1) is 10.5 Å². The molecule has 1 atom stereocenters. The number of allylic oxidation sites excluding steroid dienone is 3. The minimum absolute atomic E-state index is 0.0912. The molecule has 1 heterocycles. The van der Waals surface area contributed by atoms with Crippen molar-refractivity contribution in [2.45, 2.75) is 33.8 Å². The number of benzene rings is 3. The maximum absolute atomic E-state index is 13.7. The molecule has 0 fully saturated rings. The third kappa shape index (κ3) is 3.35. The van der Waals surface area contributed by atoms with E-state index in [1.165, 1.54) is 11.1 Å². The Bertz CT molecular complexity index is 1460. The van der Waals surface area contributed by atoms with Crippen molar-refractivity contribution < 1.29 is 14.6 Å². The van der Waals surface area contributed by atoms with E-state index in [0.29, 0.717) is 22.3 Å². The van der Waals surface area contributed by atoms with Gasteiger partial charge in [-0.2, -0.15) is 0 Å². The predicted octanol–water partition coefficient (Wildman–Crippen LogP) is 5.07. The van der Waals surface area contributed by atoms with Gasteiger partial charge in [-0.3, -0.25) is 9.59 Å². The summed E-state index contributed by atoms with van der Waals surface area (Å²) in [6.07, 6.45) is 6.37. The van der Waals surface area contributed by atoms with Crippen LogP contribution < -0.4 is 4.99 Å². The second-order valence-electron chi connectivity index (χ2n) is 8.48. The van der Waals surface area contributed by atoms with Gasteiger partial charge >= 0.3 is 0 Å². The molecule has 0 bridgehead atoms. The molecule has 3 aliphatic rings. The normalized spacial score (nSPS) is 18.1. The van der Waals surface area contributed by atoms with Gasteiger partial charge in [-0.25, -0.2) is 4.99 Å². The van der Waals surface area contributed by atoms with Gasteiger partial charge in [0.1, 0.15) is 10.8 Å². The Kier molecular flexibility index (Phi) is 4.78. The summed E-state index contributed by atoms with van der Waals surface area (Å²) in [5.41, 5.74) is 6.13. The highest BCUT2D eigenvalue weighted by Gasteiger charge is 2.40. The molecule has 33 heavy (non-hydrogen) atoms. The van der Waals surface area contributed by atoms with Crippen LogP contribution in [-0.2, 0) is 0 Å². The average molecular weight is 467 g/mol. The van der Waals surface area contributed by atoms with Crippen molar-refractivity contribution >= 4 is 46.5 Å². The van der Waals surface area contributed by atoms with E-state index in [1.54, 1.807) is 35.7 Å². The zero-order valence-electron chi connectivity index (χ0n) is 18.1. The fourth-order valence-corrected chi connectivity index (χ4v) is 6.81. The van der Waals surface area contributed by atoms with Crippen molar-refractivity contribution in [3.63, 3.8) is 0 Å². The largest absolute Gasteiger partial charge is 0.289 e. The van der Waals surface area contributed by atoms with Gasteiger partial charge in [0.15, 0.2) is 11.5 Å². The number of rotatable bonds is 2. The molecule has 1 N–H and O–H groups in total. The molecule has 160 valence electrons. The van der Waals surface area contributed by atoms with E-state index >= 15 is 0 Å². The smallest absolute Gasteiger partial charge is 0.229 e. The first-order chi connectivity index (χ1) is 16.0. The minimum Gasteiger partial charge on any atom is -0.289 e. The number of carbonyl (C=O) groups is 2. The summed E-state index contributed by atoms with van der Waals surface area (Å²) in [6, 6.07) is 17.5. The molecular weight excluding hydrogens is 446 g/mol. The average Bonchev–Trinajstić information content (AvgIpc) is 2.82. The van der Waals surface area contributed by atoms with E-state index in [4.69, 9.17) is 0 Å². The fourth-order valence-electron chi connectivity index (χ4n) is 4.46. The third-order valence-electron chi connectivity index (χ3n) is 6.14. The van der Waals surface area contributed by atoms with Crippen LogP contribution in [0.2, 0.25) is 0 Å². The van der Waals surface area contributed by atoms with Gasteiger partial charge in [0, 0.05) is 27.0 Å². The maximum Gasteiger partial charge on any atom is 0.229 e. The SMILES string of the molecule is CC1=CC2Sc3cc(Sc4ccc(C)cc4)c4c(c3[NH+]=C2C=C1)C(=O)c1ccccc1C4=O. The first kappa shape index (κ1) is 20.5. The van der Waals surface area contributed by atoms with Gasteiger partial charge < -0.3 is 0 Å². The Morgan fingerprint density at radius 3 is 2.30 bits per heavy atom. The summed E-state index contributed by atoms with van der Waals surface area (Å²) in [5, 5.41) is 0.166. The van der Waals surface area contributed by atoms with Crippen LogP contribution in [0.1, 0.15) is 44.3 Å². The minimum atomic E-state index is -0.0959. The van der Waals surface area contributed by atoms with E-state index in [9.17, 15) is 9.59 Å². The second-order valence-corrected chi connectivity index (χ2v) is 10.8. The predicted molar refractivity (Wildman–Crippen MR) is 133 cm³/mol. The quantitative estimate of drug-likeness (QED) is 0.448. The lowest BCUT2D eigenvalue weighted by molar-refractivity contribution is -0.358. The Labute approximate surface area is 200 Å².